The predicted octanol–water partition coefficient (Wildman–Crippen LogP) is 3.86. The summed E-state index contributed by atoms with van der Waals surface area (Å²) in [4.78, 5) is 39.7. The average molecular weight is 433 g/mol. The second-order valence-corrected chi connectivity index (χ2v) is 9.80. The molecule has 0 aromatic carbocycles. The first kappa shape index (κ1) is 22.1. The number of fused-ring (bicyclic) bond motifs is 3. The largest absolute Gasteiger partial charge is 0.472 e. The molecule has 0 N–H and O–H groups in total. The Hall–Kier alpha value is -2.15. The van der Waals surface area contributed by atoms with Crippen LogP contribution in [-0.2, 0) is 28.6 Å². The highest BCUT2D eigenvalue weighted by Gasteiger charge is 2.67. The number of rotatable bonds is 5. The molecule has 0 unspecified atom stereocenters. The third-order valence-corrected chi connectivity index (χ3v) is 8.03. The number of esters is 2. The number of carbonyl (C=O) groups excluding carboxylic acids is 3. The third-order valence-electron chi connectivity index (χ3n) is 8.03. The van der Waals surface area contributed by atoms with E-state index < -0.39 is 34.9 Å². The van der Waals surface area contributed by atoms with Gasteiger partial charge in [0.1, 0.15) is 12.2 Å². The van der Waals surface area contributed by atoms with E-state index in [4.69, 9.17) is 18.6 Å². The molecule has 31 heavy (non-hydrogen) atoms. The molecule has 0 spiro atoms. The molecule has 7 nitrogen and oxygen atoms in total. The third kappa shape index (κ3) is 3.41. The van der Waals surface area contributed by atoms with Crippen LogP contribution in [0.5, 0.6) is 0 Å². The van der Waals surface area contributed by atoms with Gasteiger partial charge in [-0.05, 0) is 49.0 Å². The van der Waals surface area contributed by atoms with Crippen molar-refractivity contribution in [3.63, 3.8) is 0 Å². The molecular weight excluding hydrogens is 400 g/mol. The molecular formula is C24H32O7. The topological polar surface area (TPSA) is 92.0 Å². The van der Waals surface area contributed by atoms with Gasteiger partial charge in [0, 0.05) is 18.1 Å². The van der Waals surface area contributed by atoms with Crippen molar-refractivity contribution in [3.05, 3.63) is 24.2 Å². The van der Waals surface area contributed by atoms with Crippen molar-refractivity contribution >= 4 is 17.7 Å². The maximum absolute atomic E-state index is 13.8. The maximum atomic E-state index is 13.8. The highest BCUT2D eigenvalue weighted by Crippen LogP contribution is 2.65. The molecule has 0 amide bonds. The molecule has 2 saturated carbocycles. The standard InChI is InChI=1S/C24H32O7/c1-5-9-30-17-11-16(21(26)28-4)23(2)8-6-15-22(27)31-18(14-7-10-29-13-14)12-24(15,3)20(23)19(17)25/h7,10,13,15-18,20H,5-6,8-9,11-12H2,1-4H3/t15-,16-,17+,18+,20-,23-,24-/m0/s1. The molecule has 7 heteroatoms. The molecule has 1 aromatic rings. The van der Waals surface area contributed by atoms with Crippen molar-refractivity contribution in [2.45, 2.75) is 65.1 Å². The van der Waals surface area contributed by atoms with Crippen LogP contribution >= 0.6 is 0 Å². The van der Waals surface area contributed by atoms with Gasteiger partial charge in [0.15, 0.2) is 5.78 Å². The highest BCUT2D eigenvalue weighted by atomic mass is 16.5. The van der Waals surface area contributed by atoms with Crippen LogP contribution in [0.1, 0.15) is 64.5 Å². The number of furan rings is 1. The Morgan fingerprint density at radius 2 is 2.03 bits per heavy atom. The Morgan fingerprint density at radius 3 is 2.68 bits per heavy atom. The summed E-state index contributed by atoms with van der Waals surface area (Å²) in [6.07, 6.45) is 4.78. The fourth-order valence-corrected chi connectivity index (χ4v) is 6.57. The summed E-state index contributed by atoms with van der Waals surface area (Å²) < 4.78 is 22.0. The number of cyclic esters (lactones) is 1. The van der Waals surface area contributed by atoms with E-state index in [0.29, 0.717) is 32.3 Å². The van der Waals surface area contributed by atoms with Gasteiger partial charge in [-0.2, -0.15) is 0 Å². The molecule has 4 rings (SSSR count). The first-order valence-corrected chi connectivity index (χ1v) is 11.2. The van der Waals surface area contributed by atoms with Crippen molar-refractivity contribution in [1.82, 2.24) is 0 Å². The summed E-state index contributed by atoms with van der Waals surface area (Å²) >= 11 is 0. The van der Waals surface area contributed by atoms with Gasteiger partial charge < -0.3 is 18.6 Å². The fourth-order valence-electron chi connectivity index (χ4n) is 6.57. The average Bonchev–Trinajstić information content (AvgIpc) is 3.26. The van der Waals surface area contributed by atoms with Crippen molar-refractivity contribution < 1.29 is 33.0 Å². The summed E-state index contributed by atoms with van der Waals surface area (Å²) in [5.41, 5.74) is -0.464. The van der Waals surface area contributed by atoms with Crippen LogP contribution < -0.4 is 0 Å². The van der Waals surface area contributed by atoms with Gasteiger partial charge in [-0.15, -0.1) is 0 Å². The monoisotopic (exact) mass is 432 g/mol. The Balaban J connectivity index is 1.77. The summed E-state index contributed by atoms with van der Waals surface area (Å²) in [7, 11) is 1.39. The quantitative estimate of drug-likeness (QED) is 0.652. The lowest BCUT2D eigenvalue weighted by Crippen LogP contribution is -2.64. The van der Waals surface area contributed by atoms with Crippen LogP contribution in [0.4, 0.5) is 0 Å². The number of ketones is 1. The normalized spacial score (nSPS) is 39.9. The minimum atomic E-state index is -0.664. The lowest BCUT2D eigenvalue weighted by molar-refractivity contribution is -0.209. The van der Waals surface area contributed by atoms with E-state index in [2.05, 4.69) is 0 Å². The molecule has 3 fully saturated rings. The zero-order valence-electron chi connectivity index (χ0n) is 18.7. The summed E-state index contributed by atoms with van der Waals surface area (Å²) in [6, 6.07) is 1.79. The first-order valence-electron chi connectivity index (χ1n) is 11.2. The molecule has 2 heterocycles. The Bertz CT molecular complexity index is 846. The Morgan fingerprint density at radius 1 is 1.26 bits per heavy atom. The number of Topliss-reactive ketones (excluding diaryl/α,β-unsaturated/α-hetero) is 1. The minimum Gasteiger partial charge on any atom is -0.472 e. The van der Waals surface area contributed by atoms with Gasteiger partial charge in [0.05, 0.1) is 31.5 Å². The van der Waals surface area contributed by atoms with Crippen LogP contribution in [0.2, 0.25) is 0 Å². The summed E-state index contributed by atoms with van der Waals surface area (Å²) in [6.45, 7) is 6.47. The van der Waals surface area contributed by atoms with E-state index in [1.165, 1.54) is 7.11 Å². The van der Waals surface area contributed by atoms with E-state index >= 15 is 0 Å². The molecule has 0 bridgehead atoms. The zero-order chi connectivity index (χ0) is 22.4. The van der Waals surface area contributed by atoms with Crippen molar-refractivity contribution in [2.75, 3.05) is 13.7 Å². The minimum absolute atomic E-state index is 0.00365. The highest BCUT2D eigenvalue weighted by molar-refractivity contribution is 5.92. The molecule has 1 aliphatic heterocycles. The number of ether oxygens (including phenoxy) is 3. The lowest BCUT2D eigenvalue weighted by atomic mass is 9.43. The molecule has 1 saturated heterocycles. The number of hydrogen-bond donors (Lipinski definition) is 0. The SMILES string of the molecule is CCCO[C@@H]1C[C@@H](C(=O)OC)[C@]2(C)CC[C@H]3C(=O)O[C@@H](c4ccoc4)C[C@]3(C)[C@H]2C1=O. The summed E-state index contributed by atoms with van der Waals surface area (Å²) in [5.74, 6) is -1.92. The number of methoxy groups -OCH3 is 1. The van der Waals surface area contributed by atoms with Crippen LogP contribution in [0.15, 0.2) is 23.0 Å². The van der Waals surface area contributed by atoms with E-state index in [0.717, 1.165) is 12.0 Å². The van der Waals surface area contributed by atoms with E-state index in [1.807, 2.05) is 20.8 Å². The fraction of sp³-hybridized carbons (Fsp3) is 0.708. The van der Waals surface area contributed by atoms with Crippen molar-refractivity contribution in [3.8, 4) is 0 Å². The van der Waals surface area contributed by atoms with Gasteiger partial charge in [0.2, 0.25) is 0 Å². The second kappa shape index (κ2) is 8.08. The smallest absolute Gasteiger partial charge is 0.310 e. The summed E-state index contributed by atoms with van der Waals surface area (Å²) in [5, 5.41) is 0. The van der Waals surface area contributed by atoms with Gasteiger partial charge in [-0.25, -0.2) is 0 Å². The van der Waals surface area contributed by atoms with E-state index in [1.54, 1.807) is 18.6 Å². The van der Waals surface area contributed by atoms with Crippen molar-refractivity contribution in [2.24, 2.45) is 28.6 Å². The molecule has 7 atom stereocenters. The van der Waals surface area contributed by atoms with Gasteiger partial charge in [-0.1, -0.05) is 20.8 Å². The molecule has 2 aliphatic carbocycles. The van der Waals surface area contributed by atoms with Crippen LogP contribution in [-0.4, -0.2) is 37.5 Å². The Labute approximate surface area is 182 Å². The van der Waals surface area contributed by atoms with Crippen LogP contribution in [0.3, 0.4) is 0 Å². The van der Waals surface area contributed by atoms with Gasteiger partial charge in [-0.3, -0.25) is 14.4 Å². The lowest BCUT2D eigenvalue weighted by Gasteiger charge is -2.61. The molecule has 3 aliphatic rings. The zero-order valence-corrected chi connectivity index (χ0v) is 18.7. The maximum Gasteiger partial charge on any atom is 0.310 e. The van der Waals surface area contributed by atoms with Crippen LogP contribution in [0.25, 0.3) is 0 Å². The number of carbonyl (C=O) groups is 3. The van der Waals surface area contributed by atoms with E-state index in [9.17, 15) is 14.4 Å². The van der Waals surface area contributed by atoms with Crippen LogP contribution in [0, 0.1) is 28.6 Å². The van der Waals surface area contributed by atoms with Gasteiger partial charge in [0.25, 0.3) is 0 Å². The van der Waals surface area contributed by atoms with Crippen molar-refractivity contribution in [1.29, 1.82) is 0 Å². The second-order valence-electron chi connectivity index (χ2n) is 9.80. The predicted molar refractivity (Wildman–Crippen MR) is 110 cm³/mol. The molecule has 0 radical (unpaired) electrons. The molecule has 170 valence electrons. The first-order chi connectivity index (χ1) is 14.8. The number of hydrogen-bond acceptors (Lipinski definition) is 7. The Kier molecular flexibility index (Phi) is 5.75. The molecule has 1 aromatic heterocycles. The van der Waals surface area contributed by atoms with E-state index in [-0.39, 0.29) is 23.6 Å². The van der Waals surface area contributed by atoms with Gasteiger partial charge >= 0.3 is 11.9 Å².